The number of Topliss-reactive ketones (excluding diaryl/α,β-unsaturated/α-hetero) is 1. The summed E-state index contributed by atoms with van der Waals surface area (Å²) in [7, 11) is 1.54. The molecule has 3 fully saturated rings. The molecule has 2 saturated heterocycles. The smallest absolute Gasteiger partial charge is 0.187 e. The Balaban J connectivity index is 1.97. The van der Waals surface area contributed by atoms with E-state index in [2.05, 4.69) is 0 Å². The molecule has 2 heterocycles. The monoisotopic (exact) mass is 276 g/mol. The molecule has 5 nitrogen and oxygen atoms in total. The second-order valence-corrected chi connectivity index (χ2v) is 6.49. The number of ketones is 1. The Bertz CT molecular complexity index is 407. The fraction of sp³-hybridized carbons (Fsp3) is 0.917. The molecule has 102 valence electrons. The van der Waals surface area contributed by atoms with Crippen LogP contribution in [0.3, 0.4) is 0 Å². The van der Waals surface area contributed by atoms with Crippen molar-refractivity contribution in [1.82, 2.24) is 0 Å². The number of fused-ring (bicyclic) bond motifs is 2. The number of hydrogen-bond acceptors (Lipinski definition) is 5. The van der Waals surface area contributed by atoms with Crippen LogP contribution in [0, 0.1) is 0 Å². The topological polar surface area (TPSA) is 54.0 Å². The summed E-state index contributed by atoms with van der Waals surface area (Å²) in [6.07, 6.45) is -1.04. The van der Waals surface area contributed by atoms with E-state index in [0.717, 1.165) is 0 Å². The van der Waals surface area contributed by atoms with Crippen molar-refractivity contribution in [3.63, 3.8) is 0 Å². The summed E-state index contributed by atoms with van der Waals surface area (Å²) in [5.74, 6) is -0.748. The van der Waals surface area contributed by atoms with Gasteiger partial charge in [-0.3, -0.25) is 4.79 Å². The second kappa shape index (κ2) is 3.46. The average molecular weight is 277 g/mol. The van der Waals surface area contributed by atoms with Crippen molar-refractivity contribution in [3.05, 3.63) is 0 Å². The molecule has 1 saturated carbocycles. The summed E-state index contributed by atoms with van der Waals surface area (Å²) in [5, 5.41) is 0. The first-order valence-corrected chi connectivity index (χ1v) is 6.40. The highest BCUT2D eigenvalue weighted by molar-refractivity contribution is 6.39. The van der Waals surface area contributed by atoms with Gasteiger partial charge in [-0.05, 0) is 20.8 Å². The molecule has 0 radical (unpaired) electrons. The third-order valence-electron chi connectivity index (χ3n) is 4.16. The highest BCUT2D eigenvalue weighted by Gasteiger charge is 2.76. The molecule has 18 heavy (non-hydrogen) atoms. The van der Waals surface area contributed by atoms with Gasteiger partial charge in [-0.1, -0.05) is 0 Å². The predicted octanol–water partition coefficient (Wildman–Crippen LogP) is 1.22. The molecule has 3 rings (SSSR count). The lowest BCUT2D eigenvalue weighted by atomic mass is 9.65. The van der Waals surface area contributed by atoms with Gasteiger partial charge in [0.15, 0.2) is 17.9 Å². The number of carbonyl (C=O) groups is 1. The molecule has 6 heteroatoms. The number of rotatable bonds is 1. The van der Waals surface area contributed by atoms with Gasteiger partial charge < -0.3 is 18.9 Å². The molecule has 3 aliphatic rings. The summed E-state index contributed by atoms with van der Waals surface area (Å²) in [4.78, 5) is 10.6. The Morgan fingerprint density at radius 3 is 2.44 bits per heavy atom. The maximum absolute atomic E-state index is 11.7. The zero-order valence-corrected chi connectivity index (χ0v) is 11.6. The van der Waals surface area contributed by atoms with Crippen LogP contribution in [0.2, 0.25) is 0 Å². The molecule has 0 N–H and O–H groups in total. The zero-order chi connectivity index (χ0) is 13.3. The standard InChI is InChI=1S/C12H17ClO5/c1-10(2)16-7-8(17-10)12(18-9(7)15-4)5-6(14)11(12,3)13/h7-9H,5H2,1-4H3/t7?,8?,9?,11-,12-/m0/s1. The van der Waals surface area contributed by atoms with Crippen molar-refractivity contribution in [2.24, 2.45) is 0 Å². The van der Waals surface area contributed by atoms with Gasteiger partial charge in [0.25, 0.3) is 0 Å². The number of alkyl halides is 1. The fourth-order valence-corrected chi connectivity index (χ4v) is 3.38. The molecule has 2 aliphatic heterocycles. The quantitative estimate of drug-likeness (QED) is 0.674. The lowest BCUT2D eigenvalue weighted by Gasteiger charge is -2.51. The molecule has 3 unspecified atom stereocenters. The second-order valence-electron chi connectivity index (χ2n) is 5.74. The van der Waals surface area contributed by atoms with Crippen LogP contribution in [0.1, 0.15) is 27.2 Å². The number of carbonyl (C=O) groups excluding carboxylic acids is 1. The number of hydrogen-bond donors (Lipinski definition) is 0. The Morgan fingerprint density at radius 2 is 1.94 bits per heavy atom. The molecule has 5 atom stereocenters. The average Bonchev–Trinajstić information content (AvgIpc) is 2.73. The van der Waals surface area contributed by atoms with Crippen molar-refractivity contribution >= 4 is 17.4 Å². The first kappa shape index (κ1) is 12.8. The molecule has 0 aromatic carbocycles. The molecule has 0 bridgehead atoms. The van der Waals surface area contributed by atoms with Gasteiger partial charge in [-0.25, -0.2) is 0 Å². The lowest BCUT2D eigenvalue weighted by Crippen LogP contribution is -2.70. The summed E-state index contributed by atoms with van der Waals surface area (Å²) >= 11 is 6.33. The van der Waals surface area contributed by atoms with E-state index in [-0.39, 0.29) is 24.4 Å². The number of methoxy groups -OCH3 is 1. The van der Waals surface area contributed by atoms with Crippen LogP contribution in [0.4, 0.5) is 0 Å². The van der Waals surface area contributed by atoms with E-state index in [4.69, 9.17) is 30.5 Å². The number of halogens is 1. The van der Waals surface area contributed by atoms with E-state index < -0.39 is 22.6 Å². The van der Waals surface area contributed by atoms with Crippen LogP contribution in [0.15, 0.2) is 0 Å². The fourth-order valence-electron chi connectivity index (χ4n) is 3.09. The Hall–Kier alpha value is -0.200. The Morgan fingerprint density at radius 1 is 1.28 bits per heavy atom. The minimum absolute atomic E-state index is 0.0343. The zero-order valence-electron chi connectivity index (χ0n) is 10.9. The SMILES string of the molecule is COC1O[C@@]2(CC(=O)[C@]2(C)Cl)C2OC(C)(C)OC12. The first-order valence-electron chi connectivity index (χ1n) is 6.02. The van der Waals surface area contributed by atoms with Crippen molar-refractivity contribution < 1.29 is 23.7 Å². The van der Waals surface area contributed by atoms with E-state index >= 15 is 0 Å². The van der Waals surface area contributed by atoms with E-state index in [1.54, 1.807) is 14.0 Å². The van der Waals surface area contributed by atoms with Gasteiger partial charge in [0.2, 0.25) is 0 Å². The minimum atomic E-state index is -1.08. The molecule has 0 aromatic rings. The van der Waals surface area contributed by atoms with Gasteiger partial charge in [-0.2, -0.15) is 0 Å². The molecule has 0 aromatic heterocycles. The van der Waals surface area contributed by atoms with Gasteiger partial charge >= 0.3 is 0 Å². The van der Waals surface area contributed by atoms with Crippen LogP contribution < -0.4 is 0 Å². The molecular weight excluding hydrogens is 260 g/mol. The maximum atomic E-state index is 11.7. The van der Waals surface area contributed by atoms with Crippen LogP contribution in [-0.2, 0) is 23.7 Å². The minimum Gasteiger partial charge on any atom is -0.353 e. The third-order valence-corrected chi connectivity index (χ3v) is 4.69. The van der Waals surface area contributed by atoms with Crippen molar-refractivity contribution in [3.8, 4) is 0 Å². The van der Waals surface area contributed by atoms with E-state index in [1.807, 2.05) is 13.8 Å². The predicted molar refractivity (Wildman–Crippen MR) is 62.3 cm³/mol. The normalized spacial score (nSPS) is 53.6. The van der Waals surface area contributed by atoms with Crippen molar-refractivity contribution in [1.29, 1.82) is 0 Å². The number of ether oxygens (including phenoxy) is 4. The van der Waals surface area contributed by atoms with Gasteiger partial charge in [0.05, 0.1) is 0 Å². The summed E-state index contributed by atoms with van der Waals surface area (Å²) in [6.45, 7) is 5.33. The van der Waals surface area contributed by atoms with Crippen LogP contribution in [-0.4, -0.2) is 47.7 Å². The Labute approximate surface area is 111 Å². The largest absolute Gasteiger partial charge is 0.353 e. The molecule has 0 amide bonds. The van der Waals surface area contributed by atoms with Gasteiger partial charge in [0, 0.05) is 13.5 Å². The van der Waals surface area contributed by atoms with Crippen LogP contribution >= 0.6 is 11.6 Å². The highest BCUT2D eigenvalue weighted by atomic mass is 35.5. The Kier molecular flexibility index (Phi) is 2.47. The van der Waals surface area contributed by atoms with Crippen LogP contribution in [0.25, 0.3) is 0 Å². The maximum Gasteiger partial charge on any atom is 0.187 e. The van der Waals surface area contributed by atoms with Crippen LogP contribution in [0.5, 0.6) is 0 Å². The molecule has 1 aliphatic carbocycles. The lowest BCUT2D eigenvalue weighted by molar-refractivity contribution is -0.265. The first-order chi connectivity index (χ1) is 8.23. The molecule has 1 spiro atoms. The van der Waals surface area contributed by atoms with E-state index in [9.17, 15) is 4.79 Å². The third kappa shape index (κ3) is 1.34. The van der Waals surface area contributed by atoms with Crippen molar-refractivity contribution in [2.45, 2.75) is 62.0 Å². The van der Waals surface area contributed by atoms with E-state index in [1.165, 1.54) is 0 Å². The summed E-state index contributed by atoms with van der Waals surface area (Å²) in [6, 6.07) is 0. The highest BCUT2D eigenvalue weighted by Crippen LogP contribution is 2.58. The molecular formula is C12H17ClO5. The van der Waals surface area contributed by atoms with Gasteiger partial charge in [-0.15, -0.1) is 11.6 Å². The van der Waals surface area contributed by atoms with E-state index in [0.29, 0.717) is 0 Å². The van der Waals surface area contributed by atoms with Crippen molar-refractivity contribution in [2.75, 3.05) is 7.11 Å². The van der Waals surface area contributed by atoms with Gasteiger partial charge in [0.1, 0.15) is 22.7 Å². The summed E-state index contributed by atoms with van der Waals surface area (Å²) < 4.78 is 22.8. The summed E-state index contributed by atoms with van der Waals surface area (Å²) in [5.41, 5.74) is -0.843.